The van der Waals surface area contributed by atoms with Crippen molar-refractivity contribution in [1.29, 1.82) is 0 Å². The predicted molar refractivity (Wildman–Crippen MR) is 219 cm³/mol. The van der Waals surface area contributed by atoms with Crippen LogP contribution < -0.4 is 3.27 Å². The van der Waals surface area contributed by atoms with Gasteiger partial charge < -0.3 is 0 Å². The predicted octanol–water partition coefficient (Wildman–Crippen LogP) is 12.1. The fraction of sp³-hybridized carbons (Fsp3) is 0.0870. The van der Waals surface area contributed by atoms with Crippen molar-refractivity contribution in [3.8, 4) is 22.3 Å². The first-order chi connectivity index (χ1) is 23.5. The van der Waals surface area contributed by atoms with Crippen LogP contribution in [0.15, 0.2) is 163 Å². The van der Waals surface area contributed by atoms with E-state index in [9.17, 15) is 0 Å². The van der Waals surface area contributed by atoms with Gasteiger partial charge in [-0.1, -0.05) is 0 Å². The first-order valence-electron chi connectivity index (χ1n) is 17.0. The molecule has 0 bridgehead atoms. The summed E-state index contributed by atoms with van der Waals surface area (Å²) in [5.74, 6) is 0. The first kappa shape index (κ1) is 34.5. The van der Waals surface area contributed by atoms with Crippen molar-refractivity contribution in [1.82, 2.24) is 0 Å². The van der Waals surface area contributed by atoms with E-state index in [-0.39, 0.29) is 24.8 Å². The van der Waals surface area contributed by atoms with Crippen molar-refractivity contribution in [3.05, 3.63) is 185 Å². The van der Waals surface area contributed by atoms with E-state index in [4.69, 9.17) is 4.94 Å². The molecule has 0 N–H and O–H groups in total. The first-order valence-corrected chi connectivity index (χ1v) is 22.8. The molecule has 0 amide bonds. The van der Waals surface area contributed by atoms with Gasteiger partial charge in [-0.15, -0.1) is 24.8 Å². The second-order valence-corrected chi connectivity index (χ2v) is 23.1. The number of benzene rings is 7. The summed E-state index contributed by atoms with van der Waals surface area (Å²) in [4.78, 5) is 5.54. The normalized spacial score (nSPS) is 17.1. The molecular formula is C46H38BCl2Zr. The fourth-order valence-corrected chi connectivity index (χ4v) is 21.9. The van der Waals surface area contributed by atoms with Gasteiger partial charge in [0.1, 0.15) is 0 Å². The van der Waals surface area contributed by atoms with Crippen molar-refractivity contribution in [2.75, 3.05) is 0 Å². The number of fused-ring (bicyclic) bond motifs is 4. The van der Waals surface area contributed by atoms with Crippen LogP contribution in [0.3, 0.4) is 0 Å². The van der Waals surface area contributed by atoms with Gasteiger partial charge in [-0.2, -0.15) is 0 Å². The summed E-state index contributed by atoms with van der Waals surface area (Å²) in [5, 5.41) is 5.17. The molecule has 0 spiro atoms. The van der Waals surface area contributed by atoms with Gasteiger partial charge in [0.25, 0.3) is 0 Å². The van der Waals surface area contributed by atoms with Crippen molar-refractivity contribution >= 4 is 66.7 Å². The molecule has 50 heavy (non-hydrogen) atoms. The van der Waals surface area contributed by atoms with Crippen molar-refractivity contribution in [2.24, 2.45) is 0 Å². The molecule has 7 aromatic carbocycles. The molecule has 0 aliphatic heterocycles. The molecule has 2 aliphatic carbocycles. The van der Waals surface area contributed by atoms with Crippen molar-refractivity contribution in [2.45, 2.75) is 21.1 Å². The molecule has 243 valence electrons. The summed E-state index contributed by atoms with van der Waals surface area (Å²) in [6.07, 6.45) is 5.00. The van der Waals surface area contributed by atoms with E-state index >= 15 is 0 Å². The zero-order chi connectivity index (χ0) is 32.4. The fourth-order valence-electron chi connectivity index (χ4n) is 9.11. The molecule has 7 aromatic rings. The monoisotopic (exact) mass is 761 g/mol. The SMILES string of the molecule is Cl.Cl.[BH]=[Zr]([c]1ccccc1)([CH]1C(C)=Cc2c(-c3cccc4ccccc34)cccc21)[CH]1C(C)=Cc2c(-c3cccc4ccccc34)cccc21. The Balaban J connectivity index is 0.00000196. The van der Waals surface area contributed by atoms with Gasteiger partial charge in [0.05, 0.1) is 0 Å². The Labute approximate surface area is 312 Å². The summed E-state index contributed by atoms with van der Waals surface area (Å²) >= 11 is -3.73. The van der Waals surface area contributed by atoms with Gasteiger partial charge >= 0.3 is 290 Å². The summed E-state index contributed by atoms with van der Waals surface area (Å²) in [6.45, 7) is 4.75. The second kappa shape index (κ2) is 13.7. The van der Waals surface area contributed by atoms with Crippen LogP contribution in [0.2, 0.25) is 0 Å². The average molecular weight is 764 g/mol. The van der Waals surface area contributed by atoms with E-state index < -0.39 is 19.5 Å². The Morgan fingerprint density at radius 3 is 1.28 bits per heavy atom. The summed E-state index contributed by atoms with van der Waals surface area (Å²) < 4.78 is 2.11. The third-order valence-electron chi connectivity index (χ3n) is 11.1. The molecule has 0 saturated carbocycles. The summed E-state index contributed by atoms with van der Waals surface area (Å²) in [6, 6.07) is 56.4. The van der Waals surface area contributed by atoms with Gasteiger partial charge in [0, 0.05) is 0 Å². The summed E-state index contributed by atoms with van der Waals surface area (Å²) in [5.41, 5.74) is 13.8. The molecule has 2 unspecified atom stereocenters. The number of halogens is 2. The van der Waals surface area contributed by atoms with Gasteiger partial charge in [-0.3, -0.25) is 0 Å². The van der Waals surface area contributed by atoms with Crippen LogP contribution in [-0.4, -0.2) is 4.94 Å². The second-order valence-electron chi connectivity index (χ2n) is 13.7. The summed E-state index contributed by atoms with van der Waals surface area (Å²) in [7, 11) is 0. The van der Waals surface area contributed by atoms with E-state index in [1.165, 1.54) is 80.5 Å². The van der Waals surface area contributed by atoms with Gasteiger partial charge in [0.15, 0.2) is 0 Å². The topological polar surface area (TPSA) is 0 Å². The minimum atomic E-state index is -3.73. The molecule has 0 saturated heterocycles. The van der Waals surface area contributed by atoms with Gasteiger partial charge in [0.2, 0.25) is 0 Å². The van der Waals surface area contributed by atoms with E-state index in [1.807, 2.05) is 0 Å². The Bertz CT molecular complexity index is 2370. The molecule has 9 rings (SSSR count). The van der Waals surface area contributed by atoms with E-state index in [0.717, 1.165) is 0 Å². The number of hydrogen-bond donors (Lipinski definition) is 0. The number of rotatable bonds is 5. The van der Waals surface area contributed by atoms with Crippen molar-refractivity contribution in [3.63, 3.8) is 0 Å². The van der Waals surface area contributed by atoms with E-state index in [1.54, 1.807) is 0 Å². The zero-order valence-electron chi connectivity index (χ0n) is 28.3. The molecule has 0 heterocycles. The molecule has 2 aliphatic rings. The number of hydrogen-bond acceptors (Lipinski definition) is 0. The third-order valence-corrected chi connectivity index (χ3v) is 23.4. The van der Waals surface area contributed by atoms with Crippen LogP contribution in [0, 0.1) is 0 Å². The van der Waals surface area contributed by atoms with Crippen LogP contribution in [-0.2, 0) is 19.5 Å². The van der Waals surface area contributed by atoms with Gasteiger partial charge in [-0.25, -0.2) is 0 Å². The third kappa shape index (κ3) is 5.31. The molecular weight excluding hydrogens is 725 g/mol. The van der Waals surface area contributed by atoms with Crippen LogP contribution >= 0.6 is 24.8 Å². The Morgan fingerprint density at radius 2 is 0.800 bits per heavy atom. The molecule has 4 heteroatoms. The zero-order valence-corrected chi connectivity index (χ0v) is 32.4. The Kier molecular flexibility index (Phi) is 9.42. The standard InChI is InChI=1S/2C20H15.C6H5.BH.2ClH.Zr/c2*1-14-12-16-8-5-11-19(20(16)13-14)18-10-4-7-15-6-2-3-9-17(15)18;1-2-4-6-5-3-1;;;;/h2*2-13H,1H3;1-5H;3*1H;. The maximum atomic E-state index is 5.54. The quantitative estimate of drug-likeness (QED) is 0.153. The van der Waals surface area contributed by atoms with E-state index in [0.29, 0.717) is 7.25 Å². The van der Waals surface area contributed by atoms with Crippen LogP contribution in [0.1, 0.15) is 43.4 Å². The molecule has 0 aromatic heterocycles. The average Bonchev–Trinajstić information content (AvgIpc) is 3.67. The maximum absolute atomic E-state index is 5.54. The molecule has 0 nitrogen and oxygen atoms in total. The number of allylic oxidation sites excluding steroid dienone is 2. The van der Waals surface area contributed by atoms with Crippen LogP contribution in [0.25, 0.3) is 56.0 Å². The molecule has 0 radical (unpaired) electrons. The van der Waals surface area contributed by atoms with Gasteiger partial charge in [-0.05, 0) is 0 Å². The van der Waals surface area contributed by atoms with Crippen LogP contribution in [0.5, 0.6) is 0 Å². The Morgan fingerprint density at radius 1 is 0.420 bits per heavy atom. The van der Waals surface area contributed by atoms with Crippen molar-refractivity contribution < 1.29 is 19.5 Å². The van der Waals surface area contributed by atoms with E-state index in [2.05, 4.69) is 178 Å². The molecule has 2 atom stereocenters. The Hall–Kier alpha value is -3.93. The minimum absolute atomic E-state index is 0. The van der Waals surface area contributed by atoms with Crippen LogP contribution in [0.4, 0.5) is 0 Å². The molecule has 0 fully saturated rings.